The maximum atomic E-state index is 10.9. The summed E-state index contributed by atoms with van der Waals surface area (Å²) in [5, 5.41) is 19.3. The second-order valence-corrected chi connectivity index (χ2v) is 8.03. The SMILES string of the molecule is CCc1c(C)c(OCC(=O)O)cc(C)c1Cc1ccc(O)c(C2CCCCC2)n1. The summed E-state index contributed by atoms with van der Waals surface area (Å²) in [6.07, 6.45) is 7.38. The number of aromatic hydroxyl groups is 1. The van der Waals surface area contributed by atoms with E-state index in [1.54, 1.807) is 6.07 Å². The minimum Gasteiger partial charge on any atom is -0.506 e. The van der Waals surface area contributed by atoms with Crippen LogP contribution in [-0.2, 0) is 17.6 Å². The molecule has 0 spiro atoms. The summed E-state index contributed by atoms with van der Waals surface area (Å²) < 4.78 is 5.49. The van der Waals surface area contributed by atoms with Gasteiger partial charge < -0.3 is 14.9 Å². The number of carboxylic acid groups (broad SMARTS) is 1. The lowest BCUT2D eigenvalue weighted by Crippen LogP contribution is -2.12. The van der Waals surface area contributed by atoms with Crippen molar-refractivity contribution in [3.8, 4) is 11.5 Å². The van der Waals surface area contributed by atoms with E-state index >= 15 is 0 Å². The molecule has 1 aliphatic carbocycles. The lowest BCUT2D eigenvalue weighted by atomic mass is 9.86. The predicted octanol–water partition coefficient (Wildman–Crippen LogP) is 5.07. The largest absolute Gasteiger partial charge is 0.506 e. The van der Waals surface area contributed by atoms with E-state index < -0.39 is 5.97 Å². The van der Waals surface area contributed by atoms with Crippen LogP contribution < -0.4 is 4.74 Å². The van der Waals surface area contributed by atoms with E-state index in [2.05, 4.69) is 6.92 Å². The van der Waals surface area contributed by atoms with Crippen molar-refractivity contribution in [1.29, 1.82) is 0 Å². The van der Waals surface area contributed by atoms with Crippen molar-refractivity contribution in [3.63, 3.8) is 0 Å². The molecule has 29 heavy (non-hydrogen) atoms. The van der Waals surface area contributed by atoms with Crippen molar-refractivity contribution in [2.45, 2.75) is 71.6 Å². The molecule has 5 nitrogen and oxygen atoms in total. The van der Waals surface area contributed by atoms with Gasteiger partial charge in [-0.1, -0.05) is 26.2 Å². The average Bonchev–Trinajstić information content (AvgIpc) is 2.71. The van der Waals surface area contributed by atoms with Gasteiger partial charge in [0.05, 0.1) is 5.69 Å². The number of aromatic nitrogens is 1. The minimum atomic E-state index is -0.979. The van der Waals surface area contributed by atoms with E-state index in [0.717, 1.165) is 41.8 Å². The number of nitrogens with zero attached hydrogens (tertiary/aromatic N) is 1. The number of hydrogen-bond donors (Lipinski definition) is 2. The molecule has 1 aliphatic rings. The average molecular weight is 398 g/mol. The minimum absolute atomic E-state index is 0.307. The monoisotopic (exact) mass is 397 g/mol. The van der Waals surface area contributed by atoms with Gasteiger partial charge in [-0.3, -0.25) is 4.98 Å². The molecule has 0 bridgehead atoms. The van der Waals surface area contributed by atoms with Crippen molar-refractivity contribution in [2.75, 3.05) is 6.61 Å². The molecular formula is C24H31NO4. The van der Waals surface area contributed by atoms with Crippen molar-refractivity contribution < 1.29 is 19.7 Å². The van der Waals surface area contributed by atoms with E-state index in [1.807, 2.05) is 26.0 Å². The van der Waals surface area contributed by atoms with E-state index in [9.17, 15) is 9.90 Å². The Kier molecular flexibility index (Phi) is 6.78. The van der Waals surface area contributed by atoms with E-state index in [0.29, 0.717) is 23.8 Å². The number of hydrogen-bond acceptors (Lipinski definition) is 4. The van der Waals surface area contributed by atoms with Crippen LogP contribution in [0, 0.1) is 13.8 Å². The molecule has 0 saturated heterocycles. The number of ether oxygens (including phenoxy) is 1. The molecule has 1 saturated carbocycles. The number of pyridine rings is 1. The Morgan fingerprint density at radius 1 is 1.17 bits per heavy atom. The zero-order valence-electron chi connectivity index (χ0n) is 17.6. The van der Waals surface area contributed by atoms with Gasteiger partial charge in [0.15, 0.2) is 6.61 Å². The fourth-order valence-electron chi connectivity index (χ4n) is 4.48. The van der Waals surface area contributed by atoms with Gasteiger partial charge in [-0.2, -0.15) is 0 Å². The third kappa shape index (κ3) is 4.89. The third-order valence-electron chi connectivity index (χ3n) is 6.02. The molecule has 156 valence electrons. The molecule has 1 heterocycles. The second-order valence-electron chi connectivity index (χ2n) is 8.03. The van der Waals surface area contributed by atoms with E-state index in [-0.39, 0.29) is 6.61 Å². The maximum Gasteiger partial charge on any atom is 0.341 e. The zero-order chi connectivity index (χ0) is 21.0. The summed E-state index contributed by atoms with van der Waals surface area (Å²) in [5.41, 5.74) is 6.25. The first kappa shape index (κ1) is 21.2. The van der Waals surface area contributed by atoms with Crippen LogP contribution in [0.5, 0.6) is 11.5 Å². The van der Waals surface area contributed by atoms with Crippen LogP contribution in [0.3, 0.4) is 0 Å². The summed E-state index contributed by atoms with van der Waals surface area (Å²) in [7, 11) is 0. The highest BCUT2D eigenvalue weighted by molar-refractivity contribution is 5.68. The van der Waals surface area contributed by atoms with Crippen molar-refractivity contribution in [2.24, 2.45) is 0 Å². The van der Waals surface area contributed by atoms with Crippen LogP contribution in [0.1, 0.15) is 78.6 Å². The van der Waals surface area contributed by atoms with Crippen LogP contribution in [0.4, 0.5) is 0 Å². The summed E-state index contributed by atoms with van der Waals surface area (Å²) in [6, 6.07) is 5.62. The molecule has 2 aromatic rings. The molecular weight excluding hydrogens is 366 g/mol. The molecule has 1 aromatic carbocycles. The molecule has 0 amide bonds. The van der Waals surface area contributed by atoms with Gasteiger partial charge in [-0.05, 0) is 73.6 Å². The van der Waals surface area contributed by atoms with Crippen LogP contribution in [0.25, 0.3) is 0 Å². The fraction of sp³-hybridized carbons (Fsp3) is 0.500. The highest BCUT2D eigenvalue weighted by Crippen LogP contribution is 2.36. The maximum absolute atomic E-state index is 10.9. The Morgan fingerprint density at radius 3 is 2.55 bits per heavy atom. The molecule has 0 aliphatic heterocycles. The summed E-state index contributed by atoms with van der Waals surface area (Å²) >= 11 is 0. The number of rotatable bonds is 7. The topological polar surface area (TPSA) is 79.7 Å². The molecule has 2 N–H and O–H groups in total. The van der Waals surface area contributed by atoms with E-state index in [4.69, 9.17) is 14.8 Å². The fourth-order valence-corrected chi connectivity index (χ4v) is 4.48. The van der Waals surface area contributed by atoms with Crippen LogP contribution in [0.15, 0.2) is 18.2 Å². The number of aliphatic carboxylic acids is 1. The first-order valence-electron chi connectivity index (χ1n) is 10.6. The lowest BCUT2D eigenvalue weighted by molar-refractivity contribution is -0.139. The van der Waals surface area contributed by atoms with E-state index in [1.165, 1.54) is 30.4 Å². The first-order valence-corrected chi connectivity index (χ1v) is 10.6. The second kappa shape index (κ2) is 9.29. The van der Waals surface area contributed by atoms with Crippen LogP contribution in [-0.4, -0.2) is 27.8 Å². The predicted molar refractivity (Wildman–Crippen MR) is 113 cm³/mol. The van der Waals surface area contributed by atoms with Gasteiger partial charge in [0.1, 0.15) is 11.5 Å². The number of benzene rings is 1. The first-order chi connectivity index (χ1) is 13.9. The summed E-state index contributed by atoms with van der Waals surface area (Å²) in [5.74, 6) is 0.311. The molecule has 0 unspecified atom stereocenters. The Balaban J connectivity index is 1.91. The third-order valence-corrected chi connectivity index (χ3v) is 6.02. The number of carboxylic acids is 1. The molecule has 3 rings (SSSR count). The highest BCUT2D eigenvalue weighted by atomic mass is 16.5. The molecule has 0 atom stereocenters. The molecule has 0 radical (unpaired) electrons. The smallest absolute Gasteiger partial charge is 0.341 e. The normalized spacial score (nSPS) is 14.7. The number of carbonyl (C=O) groups is 1. The van der Waals surface area contributed by atoms with Crippen LogP contribution in [0.2, 0.25) is 0 Å². The molecule has 1 aromatic heterocycles. The Bertz CT molecular complexity index is 885. The lowest BCUT2D eigenvalue weighted by Gasteiger charge is -2.23. The van der Waals surface area contributed by atoms with Gasteiger partial charge in [-0.15, -0.1) is 0 Å². The van der Waals surface area contributed by atoms with Crippen molar-refractivity contribution in [3.05, 3.63) is 51.8 Å². The van der Waals surface area contributed by atoms with Crippen molar-refractivity contribution >= 4 is 5.97 Å². The molecule has 5 heteroatoms. The number of aryl methyl sites for hydroxylation is 1. The van der Waals surface area contributed by atoms with Gasteiger partial charge >= 0.3 is 5.97 Å². The van der Waals surface area contributed by atoms with Crippen LogP contribution >= 0.6 is 0 Å². The zero-order valence-corrected chi connectivity index (χ0v) is 17.6. The van der Waals surface area contributed by atoms with Gasteiger partial charge in [-0.25, -0.2) is 4.79 Å². The van der Waals surface area contributed by atoms with Gasteiger partial charge in [0.2, 0.25) is 0 Å². The Hall–Kier alpha value is -2.56. The van der Waals surface area contributed by atoms with Gasteiger partial charge in [0, 0.05) is 18.0 Å². The Labute approximate surface area is 172 Å². The van der Waals surface area contributed by atoms with Gasteiger partial charge in [0.25, 0.3) is 0 Å². The van der Waals surface area contributed by atoms with Crippen molar-refractivity contribution in [1.82, 2.24) is 4.98 Å². The molecule has 1 fully saturated rings. The Morgan fingerprint density at radius 2 is 1.90 bits per heavy atom. The standard InChI is InChI=1S/C24H31NO4/c1-4-19-16(3)22(29-14-23(27)28)12-15(2)20(19)13-18-10-11-21(26)24(25-18)17-8-6-5-7-9-17/h10-12,17,26H,4-9,13-14H2,1-3H3,(H,27,28). The summed E-state index contributed by atoms with van der Waals surface area (Å²) in [4.78, 5) is 15.7. The summed E-state index contributed by atoms with van der Waals surface area (Å²) in [6.45, 7) is 5.78. The highest BCUT2D eigenvalue weighted by Gasteiger charge is 2.21. The quantitative estimate of drug-likeness (QED) is 0.682.